The Kier molecular flexibility index (Phi) is 2.78. The second-order valence-corrected chi connectivity index (χ2v) is 3.28. The topological polar surface area (TPSA) is 40.7 Å². The van der Waals surface area contributed by atoms with Gasteiger partial charge in [-0.15, -0.1) is 0 Å². The van der Waals surface area contributed by atoms with E-state index in [0.29, 0.717) is 6.54 Å². The van der Waals surface area contributed by atoms with Gasteiger partial charge in [-0.05, 0) is 19.2 Å². The van der Waals surface area contributed by atoms with E-state index in [2.05, 4.69) is 15.3 Å². The van der Waals surface area contributed by atoms with Crippen molar-refractivity contribution >= 4 is 0 Å². The summed E-state index contributed by atoms with van der Waals surface area (Å²) in [6.45, 7) is 0.676. The summed E-state index contributed by atoms with van der Waals surface area (Å²) in [5, 5.41) is 2.99. The van der Waals surface area contributed by atoms with Gasteiger partial charge < -0.3 is 10.3 Å². The number of halogens is 1. The summed E-state index contributed by atoms with van der Waals surface area (Å²) in [6, 6.07) is 6.44. The molecule has 2 N–H and O–H groups in total. The van der Waals surface area contributed by atoms with Crippen molar-refractivity contribution in [2.24, 2.45) is 0 Å². The lowest BCUT2D eigenvalue weighted by atomic mass is 10.2. The van der Waals surface area contributed by atoms with Crippen LogP contribution in [0.3, 0.4) is 0 Å². The van der Waals surface area contributed by atoms with Crippen LogP contribution in [0, 0.1) is 5.82 Å². The summed E-state index contributed by atoms with van der Waals surface area (Å²) >= 11 is 0. The van der Waals surface area contributed by atoms with E-state index in [0.717, 1.165) is 17.1 Å². The maximum atomic E-state index is 13.0. The number of nitrogens with one attached hydrogen (secondary N) is 2. The van der Waals surface area contributed by atoms with Crippen molar-refractivity contribution in [2.75, 3.05) is 7.05 Å². The Balaban J connectivity index is 2.29. The Hall–Kier alpha value is -1.68. The van der Waals surface area contributed by atoms with Gasteiger partial charge in [-0.2, -0.15) is 0 Å². The largest absolute Gasteiger partial charge is 0.341 e. The van der Waals surface area contributed by atoms with E-state index in [4.69, 9.17) is 0 Å². The van der Waals surface area contributed by atoms with Gasteiger partial charge >= 0.3 is 0 Å². The molecule has 0 radical (unpaired) electrons. The molecule has 78 valence electrons. The van der Waals surface area contributed by atoms with E-state index in [1.165, 1.54) is 12.1 Å². The first-order chi connectivity index (χ1) is 7.29. The van der Waals surface area contributed by atoms with E-state index in [1.54, 1.807) is 12.3 Å². The lowest BCUT2D eigenvalue weighted by Gasteiger charge is -1.97. The summed E-state index contributed by atoms with van der Waals surface area (Å²) in [7, 11) is 1.85. The van der Waals surface area contributed by atoms with Gasteiger partial charge in [0.05, 0.1) is 18.4 Å². The van der Waals surface area contributed by atoms with Crippen LogP contribution in [-0.4, -0.2) is 17.0 Å². The fraction of sp³-hybridized carbons (Fsp3) is 0.182. The van der Waals surface area contributed by atoms with Gasteiger partial charge in [0.1, 0.15) is 11.6 Å². The Labute approximate surface area is 87.4 Å². The molecule has 0 aliphatic heterocycles. The molecule has 1 heterocycles. The minimum atomic E-state index is -0.239. The van der Waals surface area contributed by atoms with Crippen LogP contribution < -0.4 is 5.32 Å². The van der Waals surface area contributed by atoms with E-state index in [-0.39, 0.29) is 5.82 Å². The molecule has 3 nitrogen and oxygen atoms in total. The van der Waals surface area contributed by atoms with Crippen molar-refractivity contribution in [3.05, 3.63) is 42.1 Å². The van der Waals surface area contributed by atoms with Crippen LogP contribution in [0.4, 0.5) is 4.39 Å². The number of nitrogens with zero attached hydrogens (tertiary/aromatic N) is 1. The molecule has 0 amide bonds. The quantitative estimate of drug-likeness (QED) is 0.803. The zero-order chi connectivity index (χ0) is 10.7. The maximum absolute atomic E-state index is 13.0. The molecule has 0 unspecified atom stereocenters. The maximum Gasteiger partial charge on any atom is 0.123 e. The molecule has 0 saturated carbocycles. The molecule has 0 bridgehead atoms. The number of benzene rings is 1. The predicted octanol–water partition coefficient (Wildman–Crippen LogP) is 1.94. The molecule has 2 rings (SSSR count). The van der Waals surface area contributed by atoms with E-state index in [1.807, 2.05) is 13.1 Å². The Morgan fingerprint density at radius 3 is 3.07 bits per heavy atom. The molecule has 0 spiro atoms. The molecule has 0 aliphatic rings. The SMILES string of the molecule is CNCc1ncc(-c2cccc(F)c2)[nH]1. The highest BCUT2D eigenvalue weighted by atomic mass is 19.1. The molecular weight excluding hydrogens is 193 g/mol. The second kappa shape index (κ2) is 4.23. The molecule has 0 fully saturated rings. The van der Waals surface area contributed by atoms with Gasteiger partial charge in [0.15, 0.2) is 0 Å². The Morgan fingerprint density at radius 1 is 1.47 bits per heavy atom. The zero-order valence-corrected chi connectivity index (χ0v) is 8.42. The third-order valence-electron chi connectivity index (χ3n) is 2.11. The van der Waals surface area contributed by atoms with E-state index in [9.17, 15) is 4.39 Å². The van der Waals surface area contributed by atoms with Crippen molar-refractivity contribution in [3.63, 3.8) is 0 Å². The minimum Gasteiger partial charge on any atom is -0.341 e. The summed E-state index contributed by atoms with van der Waals surface area (Å²) in [5.74, 6) is 0.606. The van der Waals surface area contributed by atoms with Crippen LogP contribution in [0.25, 0.3) is 11.3 Å². The molecule has 0 atom stereocenters. The van der Waals surface area contributed by atoms with Crippen LogP contribution >= 0.6 is 0 Å². The number of imidazole rings is 1. The summed E-state index contributed by atoms with van der Waals surface area (Å²) < 4.78 is 13.0. The third kappa shape index (κ3) is 2.22. The van der Waals surface area contributed by atoms with Gasteiger partial charge in [-0.1, -0.05) is 12.1 Å². The molecule has 15 heavy (non-hydrogen) atoms. The van der Waals surface area contributed by atoms with Gasteiger partial charge in [0.25, 0.3) is 0 Å². The summed E-state index contributed by atoms with van der Waals surface area (Å²) in [6.07, 6.45) is 1.71. The van der Waals surface area contributed by atoms with E-state index < -0.39 is 0 Å². The first kappa shape index (κ1) is 9.86. The molecule has 0 saturated heterocycles. The monoisotopic (exact) mass is 205 g/mol. The zero-order valence-electron chi connectivity index (χ0n) is 8.42. The molecule has 1 aromatic carbocycles. The lowest BCUT2D eigenvalue weighted by Crippen LogP contribution is -2.06. The van der Waals surface area contributed by atoms with Crippen LogP contribution in [0.5, 0.6) is 0 Å². The number of aromatic amines is 1. The smallest absolute Gasteiger partial charge is 0.123 e. The third-order valence-corrected chi connectivity index (χ3v) is 2.11. The highest BCUT2D eigenvalue weighted by Crippen LogP contribution is 2.17. The molecule has 1 aromatic heterocycles. The summed E-state index contributed by atoms with van der Waals surface area (Å²) in [4.78, 5) is 7.29. The Bertz CT molecular complexity index is 451. The highest BCUT2D eigenvalue weighted by Gasteiger charge is 2.02. The molecule has 4 heteroatoms. The number of aromatic nitrogens is 2. The molecule has 0 aliphatic carbocycles. The number of hydrogen-bond donors (Lipinski definition) is 2. The standard InChI is InChI=1S/C11H12FN3/c1-13-7-11-14-6-10(15-11)8-3-2-4-9(12)5-8/h2-6,13H,7H2,1H3,(H,14,15). The molecule has 2 aromatic rings. The Morgan fingerprint density at radius 2 is 2.33 bits per heavy atom. The fourth-order valence-corrected chi connectivity index (χ4v) is 1.42. The second-order valence-electron chi connectivity index (χ2n) is 3.28. The van der Waals surface area contributed by atoms with E-state index >= 15 is 0 Å². The number of H-pyrrole nitrogens is 1. The van der Waals surface area contributed by atoms with Crippen LogP contribution in [0.1, 0.15) is 5.82 Å². The van der Waals surface area contributed by atoms with Gasteiger partial charge in [0, 0.05) is 5.56 Å². The number of hydrogen-bond acceptors (Lipinski definition) is 2. The first-order valence-corrected chi connectivity index (χ1v) is 4.74. The summed E-state index contributed by atoms with van der Waals surface area (Å²) in [5.41, 5.74) is 1.64. The normalized spacial score (nSPS) is 10.5. The van der Waals surface area contributed by atoms with Crippen LogP contribution in [-0.2, 0) is 6.54 Å². The van der Waals surface area contributed by atoms with Crippen molar-refractivity contribution < 1.29 is 4.39 Å². The fourth-order valence-electron chi connectivity index (χ4n) is 1.42. The van der Waals surface area contributed by atoms with Gasteiger partial charge in [0.2, 0.25) is 0 Å². The predicted molar refractivity (Wildman–Crippen MR) is 56.7 cm³/mol. The highest BCUT2D eigenvalue weighted by molar-refractivity contribution is 5.58. The van der Waals surface area contributed by atoms with Crippen LogP contribution in [0.2, 0.25) is 0 Å². The average molecular weight is 205 g/mol. The molecular formula is C11H12FN3. The van der Waals surface area contributed by atoms with Crippen molar-refractivity contribution in [3.8, 4) is 11.3 Å². The van der Waals surface area contributed by atoms with Crippen molar-refractivity contribution in [1.29, 1.82) is 0 Å². The van der Waals surface area contributed by atoms with Crippen molar-refractivity contribution in [1.82, 2.24) is 15.3 Å². The van der Waals surface area contributed by atoms with Crippen molar-refractivity contribution in [2.45, 2.75) is 6.54 Å². The minimum absolute atomic E-state index is 0.239. The number of rotatable bonds is 3. The van der Waals surface area contributed by atoms with Gasteiger partial charge in [-0.25, -0.2) is 9.37 Å². The average Bonchev–Trinajstić information content (AvgIpc) is 2.67. The lowest BCUT2D eigenvalue weighted by molar-refractivity contribution is 0.628. The van der Waals surface area contributed by atoms with Crippen LogP contribution in [0.15, 0.2) is 30.5 Å². The van der Waals surface area contributed by atoms with Gasteiger partial charge in [-0.3, -0.25) is 0 Å². The first-order valence-electron chi connectivity index (χ1n) is 4.74.